The van der Waals surface area contributed by atoms with E-state index >= 15 is 0 Å². The molecule has 6 heteroatoms. The van der Waals surface area contributed by atoms with Gasteiger partial charge >= 0.3 is 0 Å². The zero-order valence-corrected chi connectivity index (χ0v) is 13.4. The second-order valence-corrected chi connectivity index (χ2v) is 5.55. The Balaban J connectivity index is 2.23. The molecular weight excluding hydrogens is 301 g/mol. The largest absolute Gasteiger partial charge is 0.493 e. The van der Waals surface area contributed by atoms with Gasteiger partial charge in [0, 0.05) is 38.4 Å². The van der Waals surface area contributed by atoms with E-state index in [1.807, 2.05) is 0 Å². The maximum atomic E-state index is 6.40. The van der Waals surface area contributed by atoms with Crippen LogP contribution in [0.2, 0.25) is 10.0 Å². The first-order valence-electron chi connectivity index (χ1n) is 6.44. The normalized spacial score (nSPS) is 19.4. The molecule has 0 saturated carbocycles. The fourth-order valence-electron chi connectivity index (χ4n) is 2.46. The molecule has 0 amide bonds. The Labute approximate surface area is 129 Å². The summed E-state index contributed by atoms with van der Waals surface area (Å²) >= 11 is 12.7. The smallest absolute Gasteiger partial charge is 0.179 e. The summed E-state index contributed by atoms with van der Waals surface area (Å²) in [5.41, 5.74) is 0.864. The highest BCUT2D eigenvalue weighted by Gasteiger charge is 2.25. The quantitative estimate of drug-likeness (QED) is 0.833. The molecule has 20 heavy (non-hydrogen) atoms. The standard InChI is InChI=1S/C14H19Cl2NO3/c1-18-9-4-5-17(7-9)8-10-11(15)6-12(19-2)14(20-3)13(10)16/h6,9H,4-5,7-8H2,1-3H3/t9-/m0/s1. The van der Waals surface area contributed by atoms with Crippen LogP contribution in [-0.2, 0) is 11.3 Å². The molecule has 1 fully saturated rings. The van der Waals surface area contributed by atoms with E-state index in [0.717, 1.165) is 25.1 Å². The van der Waals surface area contributed by atoms with Gasteiger partial charge in [-0.05, 0) is 6.42 Å². The van der Waals surface area contributed by atoms with Crippen LogP contribution in [0.25, 0.3) is 0 Å². The number of likely N-dealkylation sites (tertiary alicyclic amines) is 1. The maximum Gasteiger partial charge on any atom is 0.179 e. The van der Waals surface area contributed by atoms with Crippen LogP contribution < -0.4 is 9.47 Å². The van der Waals surface area contributed by atoms with E-state index in [1.165, 1.54) is 0 Å². The predicted molar refractivity (Wildman–Crippen MR) is 80.3 cm³/mol. The molecule has 2 rings (SSSR count). The third kappa shape index (κ3) is 3.14. The summed E-state index contributed by atoms with van der Waals surface area (Å²) in [4.78, 5) is 2.27. The maximum absolute atomic E-state index is 6.40. The van der Waals surface area contributed by atoms with Gasteiger partial charge in [0.2, 0.25) is 0 Å². The summed E-state index contributed by atoms with van der Waals surface area (Å²) in [5.74, 6) is 1.07. The molecule has 1 aromatic carbocycles. The molecule has 1 aromatic rings. The number of rotatable bonds is 5. The van der Waals surface area contributed by atoms with E-state index in [4.69, 9.17) is 37.4 Å². The minimum Gasteiger partial charge on any atom is -0.493 e. The molecule has 0 N–H and O–H groups in total. The van der Waals surface area contributed by atoms with Gasteiger partial charge in [0.05, 0.1) is 30.4 Å². The molecule has 0 aliphatic carbocycles. The van der Waals surface area contributed by atoms with Crippen LogP contribution in [0.5, 0.6) is 11.5 Å². The Morgan fingerprint density at radius 1 is 1.25 bits per heavy atom. The fraction of sp³-hybridized carbons (Fsp3) is 0.571. The molecule has 1 saturated heterocycles. The molecule has 0 bridgehead atoms. The zero-order valence-electron chi connectivity index (χ0n) is 11.9. The molecule has 0 radical (unpaired) electrons. The van der Waals surface area contributed by atoms with Crippen molar-refractivity contribution in [3.63, 3.8) is 0 Å². The van der Waals surface area contributed by atoms with E-state index in [0.29, 0.717) is 28.1 Å². The summed E-state index contributed by atoms with van der Waals surface area (Å²) in [7, 11) is 4.87. The number of ether oxygens (including phenoxy) is 3. The minimum atomic E-state index is 0.285. The third-order valence-electron chi connectivity index (χ3n) is 3.60. The van der Waals surface area contributed by atoms with E-state index in [-0.39, 0.29) is 6.10 Å². The average molecular weight is 320 g/mol. The fourth-order valence-corrected chi connectivity index (χ4v) is 3.09. The SMILES string of the molecule is COc1cc(Cl)c(CN2CC[C@H](OC)C2)c(Cl)c1OC. The lowest BCUT2D eigenvalue weighted by Gasteiger charge is -2.20. The highest BCUT2D eigenvalue weighted by Crippen LogP contribution is 2.42. The van der Waals surface area contributed by atoms with Crippen molar-refractivity contribution >= 4 is 23.2 Å². The van der Waals surface area contributed by atoms with Crippen LogP contribution in [-0.4, -0.2) is 45.4 Å². The number of methoxy groups -OCH3 is 3. The molecule has 1 heterocycles. The van der Waals surface area contributed by atoms with Crippen LogP contribution in [0.15, 0.2) is 6.07 Å². The van der Waals surface area contributed by atoms with Crippen molar-refractivity contribution in [3.8, 4) is 11.5 Å². The van der Waals surface area contributed by atoms with Crippen LogP contribution in [0.4, 0.5) is 0 Å². The second-order valence-electron chi connectivity index (χ2n) is 4.77. The first-order valence-corrected chi connectivity index (χ1v) is 7.20. The highest BCUT2D eigenvalue weighted by atomic mass is 35.5. The van der Waals surface area contributed by atoms with Gasteiger partial charge in [0.1, 0.15) is 0 Å². The Morgan fingerprint density at radius 3 is 2.55 bits per heavy atom. The summed E-state index contributed by atoms with van der Waals surface area (Å²) in [6.07, 6.45) is 1.31. The monoisotopic (exact) mass is 319 g/mol. The topological polar surface area (TPSA) is 30.9 Å². The van der Waals surface area contributed by atoms with Crippen LogP contribution >= 0.6 is 23.2 Å². The molecule has 1 aliphatic rings. The molecule has 0 aromatic heterocycles. The van der Waals surface area contributed by atoms with Crippen LogP contribution in [0, 0.1) is 0 Å². The Hall–Kier alpha value is -0.680. The zero-order chi connectivity index (χ0) is 14.7. The molecule has 4 nitrogen and oxygen atoms in total. The van der Waals surface area contributed by atoms with Crippen LogP contribution in [0.1, 0.15) is 12.0 Å². The number of hydrogen-bond donors (Lipinski definition) is 0. The Bertz CT molecular complexity index is 482. The van der Waals surface area contributed by atoms with Gasteiger partial charge < -0.3 is 14.2 Å². The summed E-state index contributed by atoms with van der Waals surface area (Å²) < 4.78 is 15.9. The predicted octanol–water partition coefficient (Wildman–Crippen LogP) is 3.23. The first kappa shape index (κ1) is 15.7. The van der Waals surface area contributed by atoms with E-state index in [9.17, 15) is 0 Å². The van der Waals surface area contributed by atoms with Gasteiger partial charge in [0.15, 0.2) is 11.5 Å². The summed E-state index contributed by atoms with van der Waals surface area (Å²) in [6, 6.07) is 1.74. The van der Waals surface area contributed by atoms with Gasteiger partial charge in [-0.15, -0.1) is 0 Å². The summed E-state index contributed by atoms with van der Waals surface area (Å²) in [6.45, 7) is 2.54. The second kappa shape index (κ2) is 6.85. The lowest BCUT2D eigenvalue weighted by atomic mass is 10.2. The van der Waals surface area contributed by atoms with Crippen molar-refractivity contribution in [2.75, 3.05) is 34.4 Å². The van der Waals surface area contributed by atoms with Crippen molar-refractivity contribution in [1.82, 2.24) is 4.90 Å². The Morgan fingerprint density at radius 2 is 2.00 bits per heavy atom. The minimum absolute atomic E-state index is 0.285. The molecular formula is C14H19Cl2NO3. The highest BCUT2D eigenvalue weighted by molar-refractivity contribution is 6.37. The third-order valence-corrected chi connectivity index (χ3v) is 4.34. The Kier molecular flexibility index (Phi) is 5.38. The molecule has 0 unspecified atom stereocenters. The van der Waals surface area contributed by atoms with Gasteiger partial charge in [-0.1, -0.05) is 23.2 Å². The molecule has 1 aliphatic heterocycles. The molecule has 1 atom stereocenters. The molecule has 0 spiro atoms. The number of halogens is 2. The van der Waals surface area contributed by atoms with E-state index in [1.54, 1.807) is 27.4 Å². The average Bonchev–Trinajstić information content (AvgIpc) is 2.90. The van der Waals surface area contributed by atoms with Crippen molar-refractivity contribution in [2.45, 2.75) is 19.1 Å². The lowest BCUT2D eigenvalue weighted by Crippen LogP contribution is -2.22. The van der Waals surface area contributed by atoms with Gasteiger partial charge in [-0.3, -0.25) is 4.90 Å². The lowest BCUT2D eigenvalue weighted by molar-refractivity contribution is 0.107. The van der Waals surface area contributed by atoms with Crippen molar-refractivity contribution in [1.29, 1.82) is 0 Å². The van der Waals surface area contributed by atoms with Crippen LogP contribution in [0.3, 0.4) is 0 Å². The van der Waals surface area contributed by atoms with Crippen molar-refractivity contribution in [3.05, 3.63) is 21.7 Å². The van der Waals surface area contributed by atoms with Crippen molar-refractivity contribution < 1.29 is 14.2 Å². The van der Waals surface area contributed by atoms with Gasteiger partial charge in [0.25, 0.3) is 0 Å². The number of nitrogens with zero attached hydrogens (tertiary/aromatic N) is 1. The van der Waals surface area contributed by atoms with Crippen molar-refractivity contribution in [2.24, 2.45) is 0 Å². The molecule has 112 valence electrons. The number of benzene rings is 1. The van der Waals surface area contributed by atoms with E-state index in [2.05, 4.69) is 4.90 Å². The van der Waals surface area contributed by atoms with Gasteiger partial charge in [-0.25, -0.2) is 0 Å². The van der Waals surface area contributed by atoms with Gasteiger partial charge in [-0.2, -0.15) is 0 Å². The summed E-state index contributed by atoms with van der Waals surface area (Å²) in [5, 5.41) is 1.10. The first-order chi connectivity index (χ1) is 9.60. The number of hydrogen-bond acceptors (Lipinski definition) is 4. The van der Waals surface area contributed by atoms with E-state index < -0.39 is 0 Å².